The molecule has 0 aliphatic carbocycles. The Kier molecular flexibility index (Phi) is 4.20. The first-order valence-electron chi connectivity index (χ1n) is 8.87. The minimum Gasteiger partial charge on any atom is -0.320 e. The van der Waals surface area contributed by atoms with Crippen molar-refractivity contribution in [1.29, 1.82) is 0 Å². The van der Waals surface area contributed by atoms with Crippen LogP contribution in [0.3, 0.4) is 0 Å². The summed E-state index contributed by atoms with van der Waals surface area (Å²) in [5.74, 6) is -0.336. The maximum Gasteiger partial charge on any atom is 0.276 e. The average Bonchev–Trinajstić information content (AvgIpc) is 2.68. The highest BCUT2D eigenvalue weighted by Crippen LogP contribution is 2.24. The van der Waals surface area contributed by atoms with Crippen LogP contribution in [0.5, 0.6) is 0 Å². The molecule has 0 saturated heterocycles. The zero-order valence-electron chi connectivity index (χ0n) is 15.1. The third-order valence-electron chi connectivity index (χ3n) is 4.57. The summed E-state index contributed by atoms with van der Waals surface area (Å²) in [6.07, 6.45) is 0. The van der Waals surface area contributed by atoms with Crippen LogP contribution in [0.1, 0.15) is 30.4 Å². The maximum atomic E-state index is 13.1. The maximum absolute atomic E-state index is 13.1. The average molecular weight is 357 g/mol. The number of carbonyl (C=O) groups is 1. The summed E-state index contributed by atoms with van der Waals surface area (Å²) in [5.41, 5.74) is 0.764. The summed E-state index contributed by atoms with van der Waals surface area (Å²) in [6.45, 7) is 3.74. The monoisotopic (exact) mass is 357 g/mol. The second-order valence-electron chi connectivity index (χ2n) is 6.72. The third-order valence-corrected chi connectivity index (χ3v) is 4.57. The van der Waals surface area contributed by atoms with E-state index in [2.05, 4.69) is 10.4 Å². The highest BCUT2D eigenvalue weighted by Gasteiger charge is 2.18. The van der Waals surface area contributed by atoms with Gasteiger partial charge in [-0.2, -0.15) is 5.10 Å². The van der Waals surface area contributed by atoms with E-state index in [1.165, 1.54) is 4.68 Å². The van der Waals surface area contributed by atoms with E-state index in [9.17, 15) is 9.59 Å². The van der Waals surface area contributed by atoms with Gasteiger partial charge < -0.3 is 5.32 Å². The number of hydrogen-bond acceptors (Lipinski definition) is 3. The molecule has 0 saturated carbocycles. The van der Waals surface area contributed by atoms with Gasteiger partial charge in [0.1, 0.15) is 0 Å². The molecule has 0 unspecified atom stereocenters. The van der Waals surface area contributed by atoms with Crippen molar-refractivity contribution < 1.29 is 4.79 Å². The van der Waals surface area contributed by atoms with Gasteiger partial charge in [0.05, 0.1) is 11.4 Å². The first-order chi connectivity index (χ1) is 13.1. The predicted octanol–water partition coefficient (Wildman–Crippen LogP) is 4.38. The molecule has 27 heavy (non-hydrogen) atoms. The lowest BCUT2D eigenvalue weighted by molar-refractivity contribution is 0.102. The molecular formula is C22H19N3O2. The number of amides is 1. The summed E-state index contributed by atoms with van der Waals surface area (Å²) in [5, 5.41) is 10.4. The second-order valence-corrected chi connectivity index (χ2v) is 6.72. The van der Waals surface area contributed by atoms with Crippen LogP contribution in [-0.2, 0) is 0 Å². The van der Waals surface area contributed by atoms with E-state index in [0.717, 1.165) is 10.8 Å². The molecule has 1 aromatic heterocycles. The van der Waals surface area contributed by atoms with E-state index in [1.807, 2.05) is 56.3 Å². The Bertz CT molecular complexity index is 1220. The molecule has 0 radical (unpaired) electrons. The molecule has 5 nitrogen and oxygen atoms in total. The fraction of sp³-hybridized carbons (Fsp3) is 0.136. The molecular weight excluding hydrogens is 338 g/mol. The van der Waals surface area contributed by atoms with Crippen LogP contribution in [-0.4, -0.2) is 15.7 Å². The SMILES string of the molecule is CC(C)n1nc(C(=O)Nc2cccc3ccccc23)c2ccccc2c1=O. The van der Waals surface area contributed by atoms with Crippen molar-refractivity contribution in [2.24, 2.45) is 0 Å². The van der Waals surface area contributed by atoms with Crippen molar-refractivity contribution in [3.05, 3.63) is 82.8 Å². The van der Waals surface area contributed by atoms with Gasteiger partial charge in [0.2, 0.25) is 0 Å². The lowest BCUT2D eigenvalue weighted by Gasteiger charge is -2.14. The summed E-state index contributed by atoms with van der Waals surface area (Å²) in [4.78, 5) is 25.7. The Labute approximate surface area is 156 Å². The minimum absolute atomic E-state index is 0.147. The van der Waals surface area contributed by atoms with Crippen molar-refractivity contribution in [3.8, 4) is 0 Å². The smallest absolute Gasteiger partial charge is 0.276 e. The van der Waals surface area contributed by atoms with Crippen LogP contribution in [0.25, 0.3) is 21.5 Å². The molecule has 1 amide bonds. The number of rotatable bonds is 3. The Morgan fingerprint density at radius 3 is 2.26 bits per heavy atom. The summed E-state index contributed by atoms with van der Waals surface area (Å²) < 4.78 is 1.36. The molecule has 0 spiro atoms. The molecule has 0 atom stereocenters. The van der Waals surface area contributed by atoms with Crippen LogP contribution >= 0.6 is 0 Å². The Morgan fingerprint density at radius 2 is 1.52 bits per heavy atom. The first-order valence-corrected chi connectivity index (χ1v) is 8.87. The van der Waals surface area contributed by atoms with Crippen LogP contribution in [0.15, 0.2) is 71.5 Å². The molecule has 4 aromatic rings. The van der Waals surface area contributed by atoms with Gasteiger partial charge in [0.15, 0.2) is 5.69 Å². The van der Waals surface area contributed by atoms with E-state index < -0.39 is 0 Å². The van der Waals surface area contributed by atoms with Crippen LogP contribution in [0.2, 0.25) is 0 Å². The largest absolute Gasteiger partial charge is 0.320 e. The van der Waals surface area contributed by atoms with Gasteiger partial charge in [-0.3, -0.25) is 9.59 Å². The zero-order chi connectivity index (χ0) is 19.0. The second kappa shape index (κ2) is 6.68. The van der Waals surface area contributed by atoms with Crippen molar-refractivity contribution in [3.63, 3.8) is 0 Å². The van der Waals surface area contributed by atoms with E-state index in [4.69, 9.17) is 0 Å². The zero-order valence-corrected chi connectivity index (χ0v) is 15.1. The summed E-state index contributed by atoms with van der Waals surface area (Å²) in [7, 11) is 0. The molecule has 1 heterocycles. The first kappa shape index (κ1) is 17.0. The number of carbonyl (C=O) groups excluding carboxylic acids is 1. The van der Waals surface area contributed by atoms with Gasteiger partial charge in [0, 0.05) is 16.5 Å². The number of fused-ring (bicyclic) bond motifs is 2. The van der Waals surface area contributed by atoms with Gasteiger partial charge in [0.25, 0.3) is 11.5 Å². The van der Waals surface area contributed by atoms with Crippen molar-refractivity contribution in [2.75, 3.05) is 5.32 Å². The van der Waals surface area contributed by atoms with E-state index in [0.29, 0.717) is 16.5 Å². The summed E-state index contributed by atoms with van der Waals surface area (Å²) >= 11 is 0. The lowest BCUT2D eigenvalue weighted by atomic mass is 10.1. The molecule has 0 fully saturated rings. The van der Waals surface area contributed by atoms with Gasteiger partial charge in [-0.25, -0.2) is 4.68 Å². The van der Waals surface area contributed by atoms with E-state index in [-0.39, 0.29) is 23.2 Å². The van der Waals surface area contributed by atoms with E-state index in [1.54, 1.807) is 24.3 Å². The van der Waals surface area contributed by atoms with Crippen LogP contribution < -0.4 is 10.9 Å². The lowest BCUT2D eigenvalue weighted by Crippen LogP contribution is -2.28. The van der Waals surface area contributed by atoms with Gasteiger partial charge >= 0.3 is 0 Å². The molecule has 0 aliphatic heterocycles. The molecule has 4 rings (SSSR count). The molecule has 1 N–H and O–H groups in total. The molecule has 134 valence electrons. The quantitative estimate of drug-likeness (QED) is 0.592. The topological polar surface area (TPSA) is 64.0 Å². The normalized spacial score (nSPS) is 11.2. The Hall–Kier alpha value is -3.47. The number of hydrogen-bond donors (Lipinski definition) is 1. The highest BCUT2D eigenvalue weighted by atomic mass is 16.2. The van der Waals surface area contributed by atoms with Gasteiger partial charge in [-0.15, -0.1) is 0 Å². The highest BCUT2D eigenvalue weighted by molar-refractivity contribution is 6.13. The fourth-order valence-electron chi connectivity index (χ4n) is 3.24. The molecule has 5 heteroatoms. The Balaban J connectivity index is 1.85. The van der Waals surface area contributed by atoms with Crippen molar-refractivity contribution >= 4 is 33.1 Å². The third kappa shape index (κ3) is 2.97. The Morgan fingerprint density at radius 1 is 0.889 bits per heavy atom. The van der Waals surface area contributed by atoms with Gasteiger partial charge in [-0.1, -0.05) is 54.6 Å². The number of aromatic nitrogens is 2. The summed E-state index contributed by atoms with van der Waals surface area (Å²) in [6, 6.07) is 20.6. The van der Waals surface area contributed by atoms with Crippen LogP contribution in [0, 0.1) is 0 Å². The molecule has 3 aromatic carbocycles. The van der Waals surface area contributed by atoms with Crippen LogP contribution in [0.4, 0.5) is 5.69 Å². The number of anilines is 1. The predicted molar refractivity (Wildman–Crippen MR) is 108 cm³/mol. The fourth-order valence-corrected chi connectivity index (χ4v) is 3.24. The standard InChI is InChI=1S/C22H19N3O2/c1-14(2)25-22(27)18-12-6-5-11-17(18)20(24-25)21(26)23-19-13-7-9-15-8-3-4-10-16(15)19/h3-14H,1-2H3,(H,23,26). The van der Waals surface area contributed by atoms with Gasteiger partial charge in [-0.05, 0) is 31.4 Å². The number of nitrogens with zero attached hydrogens (tertiary/aromatic N) is 2. The molecule has 0 aliphatic rings. The van der Waals surface area contributed by atoms with E-state index >= 15 is 0 Å². The minimum atomic E-state index is -0.336. The number of benzene rings is 3. The van der Waals surface area contributed by atoms with Crippen molar-refractivity contribution in [2.45, 2.75) is 19.9 Å². The molecule has 0 bridgehead atoms. The number of nitrogens with one attached hydrogen (secondary N) is 1. The van der Waals surface area contributed by atoms with Crippen molar-refractivity contribution in [1.82, 2.24) is 9.78 Å².